The lowest BCUT2D eigenvalue weighted by Gasteiger charge is -2.06. The number of carbonyl (C=O) groups is 1. The second-order valence-corrected chi connectivity index (χ2v) is 7.36. The average Bonchev–Trinajstić information content (AvgIpc) is 3.36. The first kappa shape index (κ1) is 19.9. The Balaban J connectivity index is 1.61. The first-order chi connectivity index (χ1) is 14.6. The highest BCUT2D eigenvalue weighted by atomic mass is 32.2. The summed E-state index contributed by atoms with van der Waals surface area (Å²) in [4.78, 5) is 12.4. The number of carbonyl (C=O) groups excluding carboxylic acids is 1. The van der Waals surface area contributed by atoms with E-state index in [2.05, 4.69) is 16.8 Å². The van der Waals surface area contributed by atoms with Gasteiger partial charge in [-0.15, -0.1) is 16.8 Å². The molecule has 0 amide bonds. The lowest BCUT2D eigenvalue weighted by atomic mass is 10.1. The highest BCUT2D eigenvalue weighted by Gasteiger charge is 2.19. The molecule has 6 nitrogen and oxygen atoms in total. The summed E-state index contributed by atoms with van der Waals surface area (Å²) in [5.74, 6) is 1.35. The molecule has 2 heterocycles. The van der Waals surface area contributed by atoms with Crippen molar-refractivity contribution in [2.24, 2.45) is 0 Å². The Morgan fingerprint density at radius 2 is 2.07 bits per heavy atom. The zero-order valence-corrected chi connectivity index (χ0v) is 17.0. The lowest BCUT2D eigenvalue weighted by molar-refractivity contribution is 0.102. The lowest BCUT2D eigenvalue weighted by Crippen LogP contribution is -2.05. The zero-order valence-electron chi connectivity index (χ0n) is 16.2. The summed E-state index contributed by atoms with van der Waals surface area (Å²) >= 11 is 1.26. The summed E-state index contributed by atoms with van der Waals surface area (Å²) in [6, 6.07) is 13.0. The number of Topliss-reactive ketones (excluding diaryl/α,β-unsaturated/α-hetero) is 1. The molecule has 152 valence electrons. The molecule has 8 heteroatoms. The molecule has 0 aliphatic heterocycles. The van der Waals surface area contributed by atoms with Crippen LogP contribution in [0, 0.1) is 5.82 Å². The van der Waals surface area contributed by atoms with Crippen molar-refractivity contribution in [3.63, 3.8) is 0 Å². The van der Waals surface area contributed by atoms with Crippen LogP contribution in [-0.4, -0.2) is 33.4 Å². The summed E-state index contributed by atoms with van der Waals surface area (Å²) in [5, 5.41) is 9.95. The van der Waals surface area contributed by atoms with Crippen LogP contribution in [0.3, 0.4) is 0 Å². The first-order valence-corrected chi connectivity index (χ1v) is 10.1. The van der Waals surface area contributed by atoms with Gasteiger partial charge in [0, 0.05) is 17.5 Å². The molecule has 0 unspecified atom stereocenters. The van der Waals surface area contributed by atoms with Crippen LogP contribution < -0.4 is 4.74 Å². The van der Waals surface area contributed by atoms with E-state index in [0.717, 1.165) is 5.39 Å². The van der Waals surface area contributed by atoms with E-state index in [-0.39, 0.29) is 17.4 Å². The van der Waals surface area contributed by atoms with Crippen molar-refractivity contribution in [2.75, 3.05) is 12.9 Å². The molecule has 0 bridgehead atoms. The Morgan fingerprint density at radius 1 is 1.27 bits per heavy atom. The van der Waals surface area contributed by atoms with E-state index in [4.69, 9.17) is 9.15 Å². The first-order valence-electron chi connectivity index (χ1n) is 9.13. The summed E-state index contributed by atoms with van der Waals surface area (Å²) in [6.07, 6.45) is 1.72. The molecule has 0 aliphatic carbocycles. The Hall–Kier alpha value is -3.39. The minimum absolute atomic E-state index is 0.122. The largest absolute Gasteiger partial charge is 0.493 e. The molecule has 0 aliphatic rings. The fourth-order valence-corrected chi connectivity index (χ4v) is 3.87. The number of ketones is 1. The van der Waals surface area contributed by atoms with Gasteiger partial charge in [-0.3, -0.25) is 9.36 Å². The summed E-state index contributed by atoms with van der Waals surface area (Å²) in [5.41, 5.74) is 1.08. The average molecular weight is 423 g/mol. The fraction of sp³-hybridized carbons (Fsp3) is 0.136. The molecule has 2 aromatic carbocycles. The third-order valence-corrected chi connectivity index (χ3v) is 5.44. The minimum Gasteiger partial charge on any atom is -0.493 e. The molecule has 0 saturated carbocycles. The number of hydrogen-bond acceptors (Lipinski definition) is 6. The number of furan rings is 1. The second kappa shape index (κ2) is 8.54. The van der Waals surface area contributed by atoms with Crippen LogP contribution in [0.5, 0.6) is 5.75 Å². The maximum atomic E-state index is 13.1. The quantitative estimate of drug-likeness (QED) is 0.226. The molecule has 0 spiro atoms. The molecule has 0 N–H and O–H groups in total. The molecule has 4 rings (SSSR count). The van der Waals surface area contributed by atoms with E-state index in [1.807, 2.05) is 28.8 Å². The van der Waals surface area contributed by atoms with Crippen LogP contribution in [0.25, 0.3) is 22.6 Å². The fourth-order valence-electron chi connectivity index (χ4n) is 3.03. The van der Waals surface area contributed by atoms with E-state index in [1.54, 1.807) is 13.2 Å². The van der Waals surface area contributed by atoms with E-state index in [9.17, 15) is 9.18 Å². The van der Waals surface area contributed by atoms with Gasteiger partial charge in [0.15, 0.2) is 28.0 Å². The van der Waals surface area contributed by atoms with Gasteiger partial charge in [0.2, 0.25) is 5.82 Å². The number of thioether (sulfide) groups is 1. The normalized spacial score (nSPS) is 11.0. The SMILES string of the molecule is C=CCn1c(SCC(=O)c2ccc(F)cc2)nnc1-c1cc2cccc(OC)c2o1. The number of allylic oxidation sites excluding steroid dienone is 1. The van der Waals surface area contributed by atoms with Crippen LogP contribution in [0.2, 0.25) is 0 Å². The second-order valence-electron chi connectivity index (χ2n) is 6.41. The number of halogens is 1. The van der Waals surface area contributed by atoms with Crippen molar-refractivity contribution in [3.05, 3.63) is 72.6 Å². The number of fused-ring (bicyclic) bond motifs is 1. The predicted molar refractivity (Wildman–Crippen MR) is 113 cm³/mol. The molecule has 0 saturated heterocycles. The number of hydrogen-bond donors (Lipinski definition) is 0. The molecule has 4 aromatic rings. The number of ether oxygens (including phenoxy) is 1. The monoisotopic (exact) mass is 423 g/mol. The van der Waals surface area contributed by atoms with Crippen molar-refractivity contribution in [1.29, 1.82) is 0 Å². The Bertz CT molecular complexity index is 1210. The molecular formula is C22H18FN3O3S. The van der Waals surface area contributed by atoms with Crippen LogP contribution in [0.4, 0.5) is 4.39 Å². The number of rotatable bonds is 8. The van der Waals surface area contributed by atoms with Gasteiger partial charge in [-0.05, 0) is 36.4 Å². The number of methoxy groups -OCH3 is 1. The predicted octanol–water partition coefficient (Wildman–Crippen LogP) is 5.00. The van der Waals surface area contributed by atoms with Crippen LogP contribution in [-0.2, 0) is 6.54 Å². The highest BCUT2D eigenvalue weighted by molar-refractivity contribution is 7.99. The Labute approximate surface area is 176 Å². The van der Waals surface area contributed by atoms with E-state index >= 15 is 0 Å². The maximum absolute atomic E-state index is 13.1. The van der Waals surface area contributed by atoms with Crippen LogP contribution in [0.1, 0.15) is 10.4 Å². The third-order valence-electron chi connectivity index (χ3n) is 4.48. The number of aromatic nitrogens is 3. The number of benzene rings is 2. The topological polar surface area (TPSA) is 70.2 Å². The Kier molecular flexibility index (Phi) is 5.67. The van der Waals surface area contributed by atoms with Crippen molar-refractivity contribution < 1.29 is 18.3 Å². The summed E-state index contributed by atoms with van der Waals surface area (Å²) in [6.45, 7) is 4.24. The third kappa shape index (κ3) is 3.86. The van der Waals surface area contributed by atoms with Gasteiger partial charge < -0.3 is 9.15 Å². The number of nitrogens with zero attached hydrogens (tertiary/aromatic N) is 3. The standard InChI is InChI=1S/C22H18FN3O3S/c1-3-11-26-21(19-12-15-5-4-6-18(28-2)20(15)29-19)24-25-22(26)30-13-17(27)14-7-9-16(23)10-8-14/h3-10,12H,1,11,13H2,2H3. The molecule has 30 heavy (non-hydrogen) atoms. The van der Waals surface area contributed by atoms with E-state index in [0.29, 0.717) is 40.2 Å². The zero-order chi connectivity index (χ0) is 21.1. The smallest absolute Gasteiger partial charge is 0.200 e. The van der Waals surface area contributed by atoms with Gasteiger partial charge in [0.25, 0.3) is 0 Å². The maximum Gasteiger partial charge on any atom is 0.200 e. The minimum atomic E-state index is -0.378. The molecule has 0 atom stereocenters. The molecule has 0 radical (unpaired) electrons. The van der Waals surface area contributed by atoms with Gasteiger partial charge in [0.05, 0.1) is 12.9 Å². The Morgan fingerprint density at radius 3 is 2.80 bits per heavy atom. The number of para-hydroxylation sites is 1. The summed E-state index contributed by atoms with van der Waals surface area (Å²) in [7, 11) is 1.59. The van der Waals surface area contributed by atoms with Crippen molar-refractivity contribution in [1.82, 2.24) is 14.8 Å². The van der Waals surface area contributed by atoms with Crippen molar-refractivity contribution >= 4 is 28.5 Å². The molecule has 0 fully saturated rings. The highest BCUT2D eigenvalue weighted by Crippen LogP contribution is 2.34. The van der Waals surface area contributed by atoms with Gasteiger partial charge >= 0.3 is 0 Å². The van der Waals surface area contributed by atoms with Crippen molar-refractivity contribution in [2.45, 2.75) is 11.7 Å². The van der Waals surface area contributed by atoms with Crippen LogP contribution >= 0.6 is 11.8 Å². The molecule has 2 aromatic heterocycles. The molecular weight excluding hydrogens is 405 g/mol. The van der Waals surface area contributed by atoms with Crippen molar-refractivity contribution in [3.8, 4) is 17.3 Å². The van der Waals surface area contributed by atoms with Gasteiger partial charge in [-0.1, -0.05) is 30.0 Å². The van der Waals surface area contributed by atoms with Crippen LogP contribution in [0.15, 0.2) is 70.8 Å². The van der Waals surface area contributed by atoms with E-state index in [1.165, 1.54) is 36.0 Å². The van der Waals surface area contributed by atoms with Gasteiger partial charge in [-0.25, -0.2) is 4.39 Å². The van der Waals surface area contributed by atoms with E-state index < -0.39 is 0 Å². The van der Waals surface area contributed by atoms with Gasteiger partial charge in [-0.2, -0.15) is 0 Å². The van der Waals surface area contributed by atoms with Gasteiger partial charge in [0.1, 0.15) is 5.82 Å². The summed E-state index contributed by atoms with van der Waals surface area (Å²) < 4.78 is 26.2.